The fourth-order valence-corrected chi connectivity index (χ4v) is 5.60. The van der Waals surface area contributed by atoms with Gasteiger partial charge in [0.1, 0.15) is 5.82 Å². The van der Waals surface area contributed by atoms with E-state index in [2.05, 4.69) is 24.0 Å². The lowest BCUT2D eigenvalue weighted by Gasteiger charge is -2.39. The third-order valence-electron chi connectivity index (χ3n) is 6.01. The summed E-state index contributed by atoms with van der Waals surface area (Å²) in [6.45, 7) is 3.60. The summed E-state index contributed by atoms with van der Waals surface area (Å²) < 4.78 is 40.0. The van der Waals surface area contributed by atoms with Gasteiger partial charge in [0.05, 0.1) is 11.4 Å². The van der Waals surface area contributed by atoms with Gasteiger partial charge in [-0.15, -0.1) is 0 Å². The highest BCUT2D eigenvalue weighted by atomic mass is 32.2. The van der Waals surface area contributed by atoms with Gasteiger partial charge >= 0.3 is 0 Å². The van der Waals surface area contributed by atoms with Crippen LogP contribution in [0.15, 0.2) is 53.4 Å². The Kier molecular flexibility index (Phi) is 5.79. The van der Waals surface area contributed by atoms with E-state index in [4.69, 9.17) is 0 Å². The van der Waals surface area contributed by atoms with Crippen LogP contribution >= 0.6 is 0 Å². The van der Waals surface area contributed by atoms with Crippen molar-refractivity contribution in [1.82, 2.24) is 9.21 Å². The summed E-state index contributed by atoms with van der Waals surface area (Å²) in [6.07, 6.45) is 2.02. The number of amides is 1. The topological polar surface area (TPSA) is 60.9 Å². The fourth-order valence-electron chi connectivity index (χ4n) is 4.18. The zero-order valence-electron chi connectivity index (χ0n) is 17.0. The lowest BCUT2D eigenvalue weighted by molar-refractivity contribution is -0.131. The van der Waals surface area contributed by atoms with Gasteiger partial charge in [-0.1, -0.05) is 18.2 Å². The molecular formula is C22H26FN3O3S. The average Bonchev–Trinajstić information content (AvgIpc) is 2.76. The monoisotopic (exact) mass is 431 g/mol. The molecule has 0 saturated carbocycles. The second-order valence-corrected chi connectivity index (χ2v) is 9.82. The number of carbonyl (C=O) groups excluding carboxylic acids is 1. The molecule has 0 N–H and O–H groups in total. The van der Waals surface area contributed by atoms with E-state index < -0.39 is 15.8 Å². The highest BCUT2D eigenvalue weighted by molar-refractivity contribution is 7.89. The molecule has 1 amide bonds. The van der Waals surface area contributed by atoms with Crippen molar-refractivity contribution in [2.45, 2.75) is 30.7 Å². The molecule has 1 fully saturated rings. The summed E-state index contributed by atoms with van der Waals surface area (Å²) in [5.41, 5.74) is 2.38. The van der Waals surface area contributed by atoms with Crippen LogP contribution in [-0.4, -0.2) is 62.3 Å². The molecule has 30 heavy (non-hydrogen) atoms. The molecule has 4 rings (SSSR count). The predicted molar refractivity (Wildman–Crippen MR) is 113 cm³/mol. The van der Waals surface area contributed by atoms with Gasteiger partial charge in [-0.25, -0.2) is 12.8 Å². The van der Waals surface area contributed by atoms with E-state index in [1.165, 1.54) is 22.0 Å². The molecular weight excluding hydrogens is 405 g/mol. The van der Waals surface area contributed by atoms with Gasteiger partial charge in [-0.2, -0.15) is 4.31 Å². The number of carbonyl (C=O) groups is 1. The van der Waals surface area contributed by atoms with Crippen LogP contribution in [0.2, 0.25) is 0 Å². The van der Waals surface area contributed by atoms with Crippen molar-refractivity contribution in [3.05, 3.63) is 59.9 Å². The molecule has 2 aliphatic rings. The lowest BCUT2D eigenvalue weighted by Crippen LogP contribution is -2.53. The average molecular weight is 432 g/mol. The van der Waals surface area contributed by atoms with Crippen molar-refractivity contribution in [3.8, 4) is 0 Å². The number of halogens is 1. The van der Waals surface area contributed by atoms with Crippen molar-refractivity contribution < 1.29 is 17.6 Å². The van der Waals surface area contributed by atoms with Gasteiger partial charge < -0.3 is 9.80 Å². The van der Waals surface area contributed by atoms with Crippen LogP contribution in [-0.2, 0) is 21.2 Å². The van der Waals surface area contributed by atoms with Gasteiger partial charge in [-0.05, 0) is 55.7 Å². The van der Waals surface area contributed by atoms with Crippen LogP contribution in [0, 0.1) is 5.82 Å². The number of hydrogen-bond acceptors (Lipinski definition) is 4. The number of hydrogen-bond donors (Lipinski definition) is 0. The van der Waals surface area contributed by atoms with Crippen LogP contribution < -0.4 is 4.90 Å². The van der Waals surface area contributed by atoms with Crippen molar-refractivity contribution in [3.63, 3.8) is 0 Å². The zero-order valence-corrected chi connectivity index (χ0v) is 17.8. The largest absolute Gasteiger partial charge is 0.359 e. The molecule has 160 valence electrons. The van der Waals surface area contributed by atoms with Crippen molar-refractivity contribution >= 4 is 21.6 Å². The Morgan fingerprint density at radius 3 is 2.40 bits per heavy atom. The normalized spacial score (nSPS) is 20.1. The molecule has 0 unspecified atom stereocenters. The summed E-state index contributed by atoms with van der Waals surface area (Å²) in [7, 11) is -3.69. The van der Waals surface area contributed by atoms with Crippen LogP contribution in [0.5, 0.6) is 0 Å². The third-order valence-corrected chi connectivity index (χ3v) is 7.93. The first kappa shape index (κ1) is 20.8. The van der Waals surface area contributed by atoms with E-state index in [1.54, 1.807) is 4.90 Å². The summed E-state index contributed by atoms with van der Waals surface area (Å²) in [4.78, 5) is 16.9. The Balaban J connectivity index is 1.40. The van der Waals surface area contributed by atoms with Crippen LogP contribution in [0.3, 0.4) is 0 Å². The molecule has 2 aromatic rings. The van der Waals surface area contributed by atoms with Gasteiger partial charge in [-0.3, -0.25) is 4.79 Å². The van der Waals surface area contributed by atoms with E-state index >= 15 is 0 Å². The van der Waals surface area contributed by atoms with E-state index in [9.17, 15) is 17.6 Å². The summed E-state index contributed by atoms with van der Waals surface area (Å²) >= 11 is 0. The summed E-state index contributed by atoms with van der Waals surface area (Å²) in [6, 6.07) is 13.3. The number of piperazine rings is 1. The van der Waals surface area contributed by atoms with Gasteiger partial charge in [0.25, 0.3) is 0 Å². The smallest absolute Gasteiger partial charge is 0.243 e. The second-order valence-electron chi connectivity index (χ2n) is 7.88. The molecule has 0 aromatic heterocycles. The first-order chi connectivity index (χ1) is 14.4. The first-order valence-corrected chi connectivity index (χ1v) is 11.7. The standard InChI is InChI=1S/C22H26FN3O3S/c1-17-6-7-18-4-2-3-5-21(18)26(17)16-22(27)24-12-14-25(15-13-24)30(28,29)20-10-8-19(23)9-11-20/h2-5,8-11,17H,6-7,12-16H2,1H3/t17-/m0/s1. The Morgan fingerprint density at radius 1 is 1.03 bits per heavy atom. The predicted octanol–water partition coefficient (Wildman–Crippen LogP) is 2.50. The lowest BCUT2D eigenvalue weighted by atomic mass is 9.96. The van der Waals surface area contributed by atoms with Crippen LogP contribution in [0.4, 0.5) is 10.1 Å². The van der Waals surface area contributed by atoms with E-state index in [0.717, 1.165) is 30.7 Å². The highest BCUT2D eigenvalue weighted by Crippen LogP contribution is 2.30. The molecule has 1 atom stereocenters. The number of nitrogens with zero attached hydrogens (tertiary/aromatic N) is 3. The minimum absolute atomic E-state index is 0.0115. The molecule has 8 heteroatoms. The first-order valence-electron chi connectivity index (χ1n) is 10.2. The van der Waals surface area contributed by atoms with Gasteiger partial charge in [0.15, 0.2) is 0 Å². The molecule has 1 saturated heterocycles. The molecule has 6 nitrogen and oxygen atoms in total. The second kappa shape index (κ2) is 8.35. The van der Waals surface area contributed by atoms with Crippen LogP contribution in [0.25, 0.3) is 0 Å². The maximum atomic E-state index is 13.1. The zero-order chi connectivity index (χ0) is 21.3. The Labute approximate surface area is 176 Å². The molecule has 0 spiro atoms. The van der Waals surface area contributed by atoms with Crippen molar-refractivity contribution in [2.24, 2.45) is 0 Å². The number of benzene rings is 2. The number of anilines is 1. The number of rotatable bonds is 4. The quantitative estimate of drug-likeness (QED) is 0.746. The van der Waals surface area contributed by atoms with Crippen molar-refractivity contribution in [1.29, 1.82) is 0 Å². The summed E-state index contributed by atoms with van der Waals surface area (Å²) in [5, 5.41) is 0. The highest BCUT2D eigenvalue weighted by Gasteiger charge is 2.32. The molecule has 0 aliphatic carbocycles. The molecule has 2 heterocycles. The minimum Gasteiger partial charge on any atom is -0.359 e. The Hall–Kier alpha value is -2.45. The number of para-hydroxylation sites is 1. The third kappa shape index (κ3) is 4.06. The summed E-state index contributed by atoms with van der Waals surface area (Å²) in [5.74, 6) is -0.463. The van der Waals surface area contributed by atoms with Gasteiger partial charge in [0.2, 0.25) is 15.9 Å². The van der Waals surface area contributed by atoms with E-state index in [0.29, 0.717) is 19.6 Å². The maximum Gasteiger partial charge on any atom is 0.243 e. The number of fused-ring (bicyclic) bond motifs is 1. The van der Waals surface area contributed by atoms with Crippen molar-refractivity contribution in [2.75, 3.05) is 37.6 Å². The number of aryl methyl sites for hydroxylation is 1. The minimum atomic E-state index is -3.69. The molecule has 2 aromatic carbocycles. The van der Waals surface area contributed by atoms with E-state index in [-0.39, 0.29) is 29.9 Å². The molecule has 0 bridgehead atoms. The van der Waals surface area contributed by atoms with Crippen LogP contribution in [0.1, 0.15) is 18.9 Å². The molecule has 2 aliphatic heterocycles. The number of sulfonamides is 1. The fraction of sp³-hybridized carbons (Fsp3) is 0.409. The SMILES string of the molecule is C[C@H]1CCc2ccccc2N1CC(=O)N1CCN(S(=O)(=O)c2ccc(F)cc2)CC1. The van der Waals surface area contributed by atoms with Gasteiger partial charge in [0, 0.05) is 37.9 Å². The Bertz CT molecular complexity index is 1020. The maximum absolute atomic E-state index is 13.1. The molecule has 0 radical (unpaired) electrons. The Morgan fingerprint density at radius 2 is 1.70 bits per heavy atom. The van der Waals surface area contributed by atoms with E-state index in [1.807, 2.05) is 12.1 Å².